The van der Waals surface area contributed by atoms with Crippen LogP contribution in [0.4, 0.5) is 5.82 Å². The van der Waals surface area contributed by atoms with Gasteiger partial charge in [-0.1, -0.05) is 0 Å². The summed E-state index contributed by atoms with van der Waals surface area (Å²) in [4.78, 5) is 8.64. The molecule has 2 aromatic heterocycles. The molecule has 2 aromatic rings. The van der Waals surface area contributed by atoms with Gasteiger partial charge in [-0.25, -0.2) is 9.97 Å². The third kappa shape index (κ3) is 2.73. The van der Waals surface area contributed by atoms with E-state index in [-0.39, 0.29) is 0 Å². The van der Waals surface area contributed by atoms with Gasteiger partial charge in [0.2, 0.25) is 0 Å². The minimum atomic E-state index is 0.388. The van der Waals surface area contributed by atoms with Crippen LogP contribution in [0.15, 0.2) is 11.7 Å². The largest absolute Gasteiger partial charge is 0.366 e. The summed E-state index contributed by atoms with van der Waals surface area (Å²) in [6, 6.07) is 0.388. The van der Waals surface area contributed by atoms with Gasteiger partial charge in [-0.2, -0.15) is 0 Å². The minimum absolute atomic E-state index is 0.388. The summed E-state index contributed by atoms with van der Waals surface area (Å²) in [7, 11) is 0. The molecule has 1 atom stereocenters. The molecule has 92 valence electrons. The van der Waals surface area contributed by atoms with Crippen LogP contribution in [0.5, 0.6) is 0 Å². The molecule has 0 aliphatic rings. The van der Waals surface area contributed by atoms with Crippen molar-refractivity contribution >= 4 is 27.4 Å². The van der Waals surface area contributed by atoms with Crippen LogP contribution in [-0.4, -0.2) is 22.6 Å². The lowest BCUT2D eigenvalue weighted by Crippen LogP contribution is -2.17. The molecule has 0 aliphatic carbocycles. The quantitative estimate of drug-likeness (QED) is 0.856. The topological polar surface area (TPSA) is 63.8 Å². The molecule has 2 rings (SSSR count). The fourth-order valence-corrected chi connectivity index (χ4v) is 2.76. The van der Waals surface area contributed by atoms with Gasteiger partial charge < -0.3 is 11.1 Å². The number of nitrogens with zero attached hydrogens (tertiary/aromatic N) is 2. The van der Waals surface area contributed by atoms with Gasteiger partial charge in [0.15, 0.2) is 0 Å². The summed E-state index contributed by atoms with van der Waals surface area (Å²) in [5.74, 6) is 0.942. The zero-order valence-corrected chi connectivity index (χ0v) is 11.0. The summed E-state index contributed by atoms with van der Waals surface area (Å²) in [5, 5.41) is 5.56. The van der Waals surface area contributed by atoms with Crippen molar-refractivity contribution in [2.75, 3.05) is 11.9 Å². The van der Waals surface area contributed by atoms with Crippen LogP contribution in [0.3, 0.4) is 0 Å². The van der Waals surface area contributed by atoms with Gasteiger partial charge in [-0.05, 0) is 44.2 Å². The van der Waals surface area contributed by atoms with Crippen molar-refractivity contribution in [2.45, 2.75) is 32.7 Å². The number of nitrogens with one attached hydrogen (secondary N) is 1. The van der Waals surface area contributed by atoms with Crippen LogP contribution in [-0.2, 0) is 0 Å². The second-order valence-corrected chi connectivity index (χ2v) is 5.17. The molecular weight excluding hydrogens is 232 g/mol. The average molecular weight is 250 g/mol. The smallest absolute Gasteiger partial charge is 0.147 e. The molecule has 4 nitrogen and oxygen atoms in total. The fourth-order valence-electron chi connectivity index (χ4n) is 1.80. The van der Waals surface area contributed by atoms with Crippen molar-refractivity contribution in [3.63, 3.8) is 0 Å². The highest BCUT2D eigenvalue weighted by molar-refractivity contribution is 7.18. The predicted octanol–water partition coefficient (Wildman–Crippen LogP) is 2.54. The normalized spacial score (nSPS) is 12.9. The fraction of sp³-hybridized carbons (Fsp3) is 0.500. The van der Waals surface area contributed by atoms with Gasteiger partial charge in [0, 0.05) is 6.04 Å². The molecule has 0 bridgehead atoms. The summed E-state index contributed by atoms with van der Waals surface area (Å²) in [5.41, 5.74) is 7.78. The van der Waals surface area contributed by atoms with E-state index < -0.39 is 0 Å². The maximum absolute atomic E-state index is 5.51. The van der Waals surface area contributed by atoms with Gasteiger partial charge in [-0.15, -0.1) is 11.3 Å². The van der Waals surface area contributed by atoms with E-state index in [1.165, 1.54) is 5.56 Å². The molecule has 0 amide bonds. The van der Waals surface area contributed by atoms with Crippen LogP contribution in [0, 0.1) is 6.92 Å². The van der Waals surface area contributed by atoms with E-state index in [4.69, 9.17) is 5.73 Å². The maximum Gasteiger partial charge on any atom is 0.147 e. The molecule has 17 heavy (non-hydrogen) atoms. The maximum atomic E-state index is 5.51. The van der Waals surface area contributed by atoms with E-state index >= 15 is 0 Å². The number of nitrogens with two attached hydrogens (primary N) is 1. The minimum Gasteiger partial charge on any atom is -0.366 e. The average Bonchev–Trinajstić information content (AvgIpc) is 2.70. The van der Waals surface area contributed by atoms with Crippen molar-refractivity contribution in [3.8, 4) is 0 Å². The number of aryl methyl sites for hydroxylation is 1. The summed E-state index contributed by atoms with van der Waals surface area (Å²) < 4.78 is 1.14. The highest BCUT2D eigenvalue weighted by Gasteiger charge is 2.10. The summed E-state index contributed by atoms with van der Waals surface area (Å²) >= 11 is 1.69. The predicted molar refractivity (Wildman–Crippen MR) is 73.5 cm³/mol. The van der Waals surface area contributed by atoms with Gasteiger partial charge in [0.1, 0.15) is 12.1 Å². The number of thiophene rings is 1. The van der Waals surface area contributed by atoms with Crippen LogP contribution >= 0.6 is 11.3 Å². The Kier molecular flexibility index (Phi) is 3.91. The van der Waals surface area contributed by atoms with Crippen molar-refractivity contribution < 1.29 is 0 Å². The Hall–Kier alpha value is -1.20. The van der Waals surface area contributed by atoms with Crippen LogP contribution in [0.2, 0.25) is 0 Å². The van der Waals surface area contributed by atoms with Crippen molar-refractivity contribution in [3.05, 3.63) is 17.3 Å². The molecule has 0 aromatic carbocycles. The lowest BCUT2D eigenvalue weighted by atomic mass is 10.2. The SMILES string of the molecule is Cc1csc2c(NC(C)CCCN)ncnc12. The highest BCUT2D eigenvalue weighted by atomic mass is 32.1. The number of anilines is 1. The molecule has 0 fully saturated rings. The van der Waals surface area contributed by atoms with Gasteiger partial charge >= 0.3 is 0 Å². The van der Waals surface area contributed by atoms with E-state index in [9.17, 15) is 0 Å². The third-order valence-corrected chi connectivity index (χ3v) is 3.85. The summed E-state index contributed by atoms with van der Waals surface area (Å²) in [6.07, 6.45) is 3.72. The molecule has 1 unspecified atom stereocenters. The number of hydrogen-bond donors (Lipinski definition) is 2. The van der Waals surface area contributed by atoms with Gasteiger partial charge in [0.05, 0.1) is 10.2 Å². The summed E-state index contributed by atoms with van der Waals surface area (Å²) in [6.45, 7) is 4.97. The molecule has 0 spiro atoms. The first kappa shape index (κ1) is 12.3. The molecule has 0 saturated heterocycles. The Labute approximate surface area is 105 Å². The first-order chi connectivity index (χ1) is 8.22. The van der Waals surface area contributed by atoms with E-state index in [0.29, 0.717) is 6.04 Å². The van der Waals surface area contributed by atoms with Gasteiger partial charge in [0.25, 0.3) is 0 Å². The molecule has 3 N–H and O–H groups in total. The van der Waals surface area contributed by atoms with E-state index in [1.54, 1.807) is 17.7 Å². The Morgan fingerprint density at radius 2 is 2.29 bits per heavy atom. The number of fused-ring (bicyclic) bond motifs is 1. The highest BCUT2D eigenvalue weighted by Crippen LogP contribution is 2.28. The lowest BCUT2D eigenvalue weighted by molar-refractivity contribution is 0.661. The van der Waals surface area contributed by atoms with Gasteiger partial charge in [-0.3, -0.25) is 0 Å². The number of hydrogen-bond acceptors (Lipinski definition) is 5. The Morgan fingerprint density at radius 3 is 3.06 bits per heavy atom. The van der Waals surface area contributed by atoms with E-state index in [0.717, 1.165) is 35.4 Å². The third-order valence-electron chi connectivity index (χ3n) is 2.76. The van der Waals surface area contributed by atoms with E-state index in [2.05, 4.69) is 34.5 Å². The van der Waals surface area contributed by atoms with Crippen molar-refractivity contribution in [2.24, 2.45) is 5.73 Å². The first-order valence-electron chi connectivity index (χ1n) is 5.87. The van der Waals surface area contributed by atoms with Crippen molar-refractivity contribution in [1.29, 1.82) is 0 Å². The molecule has 0 radical (unpaired) electrons. The lowest BCUT2D eigenvalue weighted by Gasteiger charge is -2.14. The Balaban J connectivity index is 2.18. The second kappa shape index (κ2) is 5.42. The van der Waals surface area contributed by atoms with Crippen LogP contribution in [0.25, 0.3) is 10.2 Å². The zero-order valence-electron chi connectivity index (χ0n) is 10.2. The van der Waals surface area contributed by atoms with Crippen molar-refractivity contribution in [1.82, 2.24) is 9.97 Å². The Bertz CT molecular complexity index is 494. The molecular formula is C12H18N4S. The molecule has 5 heteroatoms. The Morgan fingerprint density at radius 1 is 1.47 bits per heavy atom. The van der Waals surface area contributed by atoms with Crippen LogP contribution in [0.1, 0.15) is 25.3 Å². The number of aromatic nitrogens is 2. The molecule has 0 saturated carbocycles. The standard InChI is InChI=1S/C12H18N4S/c1-8-6-17-11-10(8)14-7-15-12(11)16-9(2)4-3-5-13/h6-7,9H,3-5,13H2,1-2H3,(H,14,15,16). The first-order valence-corrected chi connectivity index (χ1v) is 6.75. The zero-order chi connectivity index (χ0) is 12.3. The van der Waals surface area contributed by atoms with E-state index in [1.807, 2.05) is 0 Å². The molecule has 2 heterocycles. The second-order valence-electron chi connectivity index (χ2n) is 4.30. The van der Waals surface area contributed by atoms with Crippen LogP contribution < -0.4 is 11.1 Å². The molecule has 0 aliphatic heterocycles. The monoisotopic (exact) mass is 250 g/mol. The number of rotatable bonds is 5.